The summed E-state index contributed by atoms with van der Waals surface area (Å²) in [6, 6.07) is 24.0. The summed E-state index contributed by atoms with van der Waals surface area (Å²) in [5.74, 6) is 3.31. The van der Waals surface area contributed by atoms with Crippen LogP contribution in [0.1, 0.15) is 139 Å². The molecule has 474 valence electrons. The van der Waals surface area contributed by atoms with Gasteiger partial charge in [-0.3, -0.25) is 0 Å². The molecule has 0 radical (unpaired) electrons. The van der Waals surface area contributed by atoms with Crippen LogP contribution in [0.3, 0.4) is 0 Å². The summed E-state index contributed by atoms with van der Waals surface area (Å²) in [7, 11) is 7.67. The second-order valence-corrected chi connectivity index (χ2v) is 18.4. The Kier molecular flexibility index (Phi) is 51.7. The molecule has 5 aromatic rings. The molecule has 0 fully saturated rings. The van der Waals surface area contributed by atoms with E-state index in [2.05, 4.69) is 39.5 Å². The molecule has 0 unspecified atom stereocenters. The van der Waals surface area contributed by atoms with Gasteiger partial charge in [-0.15, -0.1) is 6.58 Å². The summed E-state index contributed by atoms with van der Waals surface area (Å²) in [6.45, 7) is 26.5. The number of aryl methyl sites for hydroxylation is 1. The van der Waals surface area contributed by atoms with Crippen molar-refractivity contribution in [3.8, 4) is 51.7 Å². The number of phenolic OH excluding ortho intramolecular Hbond substituents is 4. The molecule has 0 amide bonds. The van der Waals surface area contributed by atoms with Gasteiger partial charge >= 0.3 is 0 Å². The van der Waals surface area contributed by atoms with E-state index in [4.69, 9.17) is 42.6 Å². The van der Waals surface area contributed by atoms with Gasteiger partial charge in [-0.1, -0.05) is 50.3 Å². The van der Waals surface area contributed by atoms with E-state index in [0.29, 0.717) is 55.3 Å². The molecule has 0 aliphatic carbocycles. The molecular weight excluding hydrogens is 1180 g/mol. The minimum Gasteiger partial charge on any atom is -0.504 e. The Morgan fingerprint density at radius 1 is 0.398 bits per heavy atom. The van der Waals surface area contributed by atoms with Crippen LogP contribution in [-0.2, 0) is 25.4 Å². The molecule has 0 aliphatic rings. The zero-order valence-electron chi connectivity index (χ0n) is 50.8. The first-order valence-corrected chi connectivity index (χ1v) is 26.4. The summed E-state index contributed by atoms with van der Waals surface area (Å²) in [5, 5.41) is 76.2. The van der Waals surface area contributed by atoms with Gasteiger partial charge in [-0.25, -0.2) is 0 Å². The first kappa shape index (κ1) is 88.2. The molecule has 0 bridgehead atoms. The topological polar surface area (TPSA) is 245 Å². The number of methoxy groups -OCH3 is 5. The van der Waals surface area contributed by atoms with Crippen LogP contribution in [0.15, 0.2) is 97.6 Å². The third-order valence-electron chi connectivity index (χ3n) is 11.9. The fourth-order valence-electron chi connectivity index (χ4n) is 8.29. The Labute approximate surface area is 614 Å². The molecule has 0 spiro atoms. The van der Waals surface area contributed by atoms with Crippen molar-refractivity contribution in [3.05, 3.63) is 137 Å². The smallest absolute Gasteiger partial charge is 0.160 e. The van der Waals surface area contributed by atoms with E-state index in [0.717, 1.165) is 34.4 Å². The SMILES string of the molecule is C=CCc1cc(C)c(C(C)C)c(OC)c1.CCO[C@@H](c1ccc(O)c(OC)c1)[C@@H](C)O.CCO[C@@H](c1ccc(O)c(OC)c1)[C@H](C)O.CCO[C@H](c1ccc(O)c(OC)c1)[C@@H](C)O.CCO[C@H](c1ccc(O)c(OC)c1)[C@H](C)O.[Ar].[Ar].[Ar].[Ar]. The molecule has 0 saturated heterocycles. The van der Waals surface area contributed by atoms with Crippen LogP contribution in [0.5, 0.6) is 51.7 Å². The third-order valence-corrected chi connectivity index (χ3v) is 11.9. The Morgan fingerprint density at radius 3 is 0.819 bits per heavy atom. The molecule has 0 aliphatic heterocycles. The van der Waals surface area contributed by atoms with Crippen LogP contribution in [0.2, 0.25) is 0 Å². The standard InChI is InChI=1S/C14H20O.4C12H18O4.4Ar/c1-6-7-12-8-11(4)14(10(2)3)13(9-12)15-5;4*1-4-16-12(8(2)13)9-5-6-10(14)11(7-9)15-3;;;;/h6,8-10H,1,7H2,2-5H3;4*5-8,12-14H,4H2,1-3H3;;;;/t;2*8-,12+;2*8-,12-;;;;/m.1010..../s1. The van der Waals surface area contributed by atoms with Gasteiger partial charge in [-0.05, 0) is 168 Å². The van der Waals surface area contributed by atoms with Crippen molar-refractivity contribution >= 4 is 0 Å². The third kappa shape index (κ3) is 30.7. The Morgan fingerprint density at radius 2 is 0.639 bits per heavy atom. The van der Waals surface area contributed by atoms with Crippen LogP contribution >= 0.6 is 0 Å². The fourth-order valence-corrected chi connectivity index (χ4v) is 8.29. The number of aliphatic hydroxyl groups excluding tert-OH is 4. The molecule has 0 heterocycles. The summed E-state index contributed by atoms with van der Waals surface area (Å²) < 4.78 is 47.2. The number of benzene rings is 5. The maximum Gasteiger partial charge on any atom is 0.160 e. The predicted molar refractivity (Wildman–Crippen MR) is 309 cm³/mol. The van der Waals surface area contributed by atoms with Crippen molar-refractivity contribution in [1.82, 2.24) is 0 Å². The summed E-state index contributed by atoms with van der Waals surface area (Å²) in [4.78, 5) is 0. The molecule has 5 aromatic carbocycles. The van der Waals surface area contributed by atoms with Gasteiger partial charge in [0.05, 0.1) is 60.0 Å². The van der Waals surface area contributed by atoms with Gasteiger partial charge in [0, 0.05) is 177 Å². The first-order chi connectivity index (χ1) is 37.5. The zero-order chi connectivity index (χ0) is 59.9. The van der Waals surface area contributed by atoms with Gasteiger partial charge in [0.15, 0.2) is 46.0 Å². The quantitative estimate of drug-likeness (QED) is 0.0268. The average molecular weight is 1270 g/mol. The molecule has 0 aromatic heterocycles. The van der Waals surface area contributed by atoms with Gasteiger partial charge < -0.3 is 83.5 Å². The number of allylic oxidation sites excluding steroid dienone is 1. The van der Waals surface area contributed by atoms with Crippen molar-refractivity contribution in [1.29, 1.82) is 0 Å². The zero-order valence-corrected chi connectivity index (χ0v) is 53.6. The molecule has 8 atom stereocenters. The van der Waals surface area contributed by atoms with Crippen molar-refractivity contribution in [2.45, 2.75) is 137 Å². The number of ether oxygens (including phenoxy) is 9. The first-order valence-electron chi connectivity index (χ1n) is 26.4. The summed E-state index contributed by atoms with van der Waals surface area (Å²) in [5.41, 5.74) is 7.02. The normalized spacial score (nSPS) is 13.1. The monoisotopic (exact) mass is 1270 g/mol. The summed E-state index contributed by atoms with van der Waals surface area (Å²) >= 11 is 0. The molecule has 0 saturated carbocycles. The Hall–Kier alpha value is -1.24. The van der Waals surface area contributed by atoms with Crippen molar-refractivity contribution in [2.24, 2.45) is 0 Å². The Balaban J connectivity index is -0.000000464. The number of aromatic hydroxyl groups is 4. The van der Waals surface area contributed by atoms with Crippen LogP contribution < -0.4 is 23.7 Å². The predicted octanol–water partition coefficient (Wildman–Crippen LogP) is 11.3. The number of aliphatic hydroxyl groups is 4. The van der Waals surface area contributed by atoms with Crippen LogP contribution in [0.25, 0.3) is 0 Å². The number of rotatable bonds is 24. The van der Waals surface area contributed by atoms with E-state index in [-0.39, 0.29) is 174 Å². The number of hydrogen-bond donors (Lipinski definition) is 8. The Bertz CT molecular complexity index is 2240. The van der Waals surface area contributed by atoms with Crippen molar-refractivity contribution in [3.63, 3.8) is 0 Å². The van der Waals surface area contributed by atoms with E-state index >= 15 is 0 Å². The van der Waals surface area contributed by atoms with Crippen molar-refractivity contribution < 1.29 is 234 Å². The second kappa shape index (κ2) is 48.7. The summed E-state index contributed by atoms with van der Waals surface area (Å²) in [6.07, 6.45) is -1.26. The van der Waals surface area contributed by atoms with Gasteiger partial charge in [0.25, 0.3) is 0 Å². The van der Waals surface area contributed by atoms with Crippen molar-refractivity contribution in [2.75, 3.05) is 62.0 Å². The van der Waals surface area contributed by atoms with Crippen LogP contribution in [0, 0.1) is 158 Å². The van der Waals surface area contributed by atoms with E-state index in [1.54, 1.807) is 83.3 Å². The molecule has 21 heteroatoms. The largest absolute Gasteiger partial charge is 0.504 e. The van der Waals surface area contributed by atoms with Crippen LogP contribution in [-0.4, -0.2) is 127 Å². The fraction of sp³-hybridized carbons (Fsp3) is 0.484. The van der Waals surface area contributed by atoms with Gasteiger partial charge in [0.2, 0.25) is 0 Å². The maximum absolute atomic E-state index is 9.60. The molecule has 83 heavy (non-hydrogen) atoms. The molecule has 8 N–H and O–H groups in total. The molecule has 5 rings (SSSR count). The van der Waals surface area contributed by atoms with E-state index in [9.17, 15) is 40.9 Å². The second-order valence-electron chi connectivity index (χ2n) is 18.4. The average Bonchev–Trinajstić information content (AvgIpc) is 3.41. The van der Waals surface area contributed by atoms with Gasteiger partial charge in [0.1, 0.15) is 30.2 Å². The molecular formula is C62H92Ar4O17. The van der Waals surface area contributed by atoms with E-state index in [1.165, 1.54) is 69.4 Å². The molecule has 17 nitrogen and oxygen atoms in total. The number of phenols is 4. The minimum atomic E-state index is -0.616. The van der Waals surface area contributed by atoms with E-state index < -0.39 is 48.8 Å². The van der Waals surface area contributed by atoms with E-state index in [1.807, 2.05) is 33.8 Å². The van der Waals surface area contributed by atoms with Gasteiger partial charge in [-0.2, -0.15) is 0 Å². The maximum atomic E-state index is 9.60. The minimum absolute atomic E-state index is 0. The number of hydrogen-bond acceptors (Lipinski definition) is 17. The van der Waals surface area contributed by atoms with Crippen LogP contribution in [0.4, 0.5) is 0 Å².